The van der Waals surface area contributed by atoms with Gasteiger partial charge in [0.1, 0.15) is 11.8 Å². The van der Waals surface area contributed by atoms with Crippen LogP contribution in [0.5, 0.6) is 5.75 Å². The number of amides is 2. The van der Waals surface area contributed by atoms with Crippen LogP contribution in [-0.2, 0) is 9.59 Å². The van der Waals surface area contributed by atoms with Gasteiger partial charge in [0.25, 0.3) is 11.6 Å². The number of benzene rings is 2. The normalized spacial score (nSPS) is 16.9. The molecule has 0 saturated heterocycles. The van der Waals surface area contributed by atoms with E-state index in [1.807, 2.05) is 6.07 Å². The monoisotopic (exact) mass is 369 g/mol. The molecule has 1 heterocycles. The highest BCUT2D eigenvalue weighted by Gasteiger charge is 2.39. The molecule has 0 radical (unpaired) electrons. The summed E-state index contributed by atoms with van der Waals surface area (Å²) in [6, 6.07) is 12.0. The molecule has 1 N–H and O–H groups in total. The van der Waals surface area contributed by atoms with Gasteiger partial charge in [-0.15, -0.1) is 0 Å². The summed E-state index contributed by atoms with van der Waals surface area (Å²) < 4.78 is 5.66. The lowest BCUT2D eigenvalue weighted by molar-refractivity contribution is -0.384. The minimum Gasteiger partial charge on any atom is -0.478 e. The molecule has 2 unspecified atom stereocenters. The molecule has 0 aliphatic carbocycles. The van der Waals surface area contributed by atoms with E-state index in [1.165, 1.54) is 23.1 Å². The zero-order valence-electron chi connectivity index (χ0n) is 14.9. The Bertz CT molecular complexity index is 884. The third-order valence-corrected chi connectivity index (χ3v) is 4.37. The van der Waals surface area contributed by atoms with Crippen molar-refractivity contribution >= 4 is 28.9 Å². The summed E-state index contributed by atoms with van der Waals surface area (Å²) in [5, 5.41) is 13.9. The number of hydrogen-bond donors (Lipinski definition) is 1. The standard InChI is InChI=1S/C19H19N3O5/c1-3-16-19(24)21(12(2)18(23)20-13-7-5-4-6-8-13)15-11-14(22(25)26)9-10-17(15)27-16/h4-12,16H,3H2,1-2H3,(H,20,23). The van der Waals surface area contributed by atoms with Crippen molar-refractivity contribution in [3.05, 3.63) is 58.6 Å². The number of nitro groups is 1. The molecule has 2 aromatic carbocycles. The van der Waals surface area contributed by atoms with E-state index in [2.05, 4.69) is 5.32 Å². The molecular weight excluding hydrogens is 350 g/mol. The van der Waals surface area contributed by atoms with Gasteiger partial charge in [0.05, 0.1) is 10.6 Å². The van der Waals surface area contributed by atoms with Crippen LogP contribution in [0.15, 0.2) is 48.5 Å². The average molecular weight is 369 g/mol. The van der Waals surface area contributed by atoms with Crippen molar-refractivity contribution in [1.29, 1.82) is 0 Å². The molecule has 140 valence electrons. The molecule has 0 fully saturated rings. The third-order valence-electron chi connectivity index (χ3n) is 4.37. The summed E-state index contributed by atoms with van der Waals surface area (Å²) in [5.74, 6) is -0.462. The fourth-order valence-corrected chi connectivity index (χ4v) is 2.93. The maximum atomic E-state index is 12.8. The Morgan fingerprint density at radius 3 is 2.63 bits per heavy atom. The molecule has 8 nitrogen and oxygen atoms in total. The fourth-order valence-electron chi connectivity index (χ4n) is 2.93. The maximum absolute atomic E-state index is 12.8. The van der Waals surface area contributed by atoms with Gasteiger partial charge in [-0.25, -0.2) is 0 Å². The largest absolute Gasteiger partial charge is 0.478 e. The number of rotatable bonds is 5. The average Bonchev–Trinajstić information content (AvgIpc) is 2.67. The number of nitro benzene ring substituents is 1. The summed E-state index contributed by atoms with van der Waals surface area (Å²) >= 11 is 0. The number of nitrogens with zero attached hydrogens (tertiary/aromatic N) is 2. The first kappa shape index (κ1) is 18.4. The lowest BCUT2D eigenvalue weighted by Crippen LogP contribution is -2.53. The van der Waals surface area contributed by atoms with E-state index in [1.54, 1.807) is 38.1 Å². The van der Waals surface area contributed by atoms with Gasteiger partial charge in [0.2, 0.25) is 5.91 Å². The highest BCUT2D eigenvalue weighted by Crippen LogP contribution is 2.38. The van der Waals surface area contributed by atoms with E-state index < -0.39 is 28.9 Å². The minimum atomic E-state index is -0.878. The molecule has 2 aromatic rings. The number of anilines is 2. The third kappa shape index (κ3) is 3.59. The van der Waals surface area contributed by atoms with Crippen LogP contribution in [0.4, 0.5) is 17.1 Å². The van der Waals surface area contributed by atoms with Crippen molar-refractivity contribution < 1.29 is 19.2 Å². The Kier molecular flexibility index (Phi) is 5.07. The smallest absolute Gasteiger partial charge is 0.271 e. The number of carbonyl (C=O) groups excluding carboxylic acids is 2. The highest BCUT2D eigenvalue weighted by molar-refractivity contribution is 6.08. The number of fused-ring (bicyclic) bond motifs is 1. The summed E-state index contributed by atoms with van der Waals surface area (Å²) in [5.41, 5.74) is 0.636. The second-order valence-corrected chi connectivity index (χ2v) is 6.16. The minimum absolute atomic E-state index is 0.180. The second kappa shape index (κ2) is 7.45. The van der Waals surface area contributed by atoms with Gasteiger partial charge in [-0.3, -0.25) is 24.6 Å². The summed E-state index contributed by atoms with van der Waals surface area (Å²) in [6.45, 7) is 3.38. The Morgan fingerprint density at radius 2 is 2.00 bits per heavy atom. The topological polar surface area (TPSA) is 102 Å². The first-order valence-corrected chi connectivity index (χ1v) is 8.56. The van der Waals surface area contributed by atoms with Gasteiger partial charge in [-0.2, -0.15) is 0 Å². The van der Waals surface area contributed by atoms with Crippen molar-refractivity contribution in [2.45, 2.75) is 32.4 Å². The van der Waals surface area contributed by atoms with Crippen molar-refractivity contribution in [2.24, 2.45) is 0 Å². The van der Waals surface area contributed by atoms with Crippen LogP contribution in [0, 0.1) is 10.1 Å². The van der Waals surface area contributed by atoms with Gasteiger partial charge in [-0.05, 0) is 31.5 Å². The number of carbonyl (C=O) groups is 2. The zero-order chi connectivity index (χ0) is 19.6. The van der Waals surface area contributed by atoms with E-state index in [4.69, 9.17) is 4.74 Å². The molecule has 0 aromatic heterocycles. The maximum Gasteiger partial charge on any atom is 0.271 e. The molecule has 0 saturated carbocycles. The van der Waals surface area contributed by atoms with Crippen molar-refractivity contribution in [3.8, 4) is 5.75 Å². The predicted molar refractivity (Wildman–Crippen MR) is 99.8 cm³/mol. The van der Waals surface area contributed by atoms with Crippen LogP contribution in [0.2, 0.25) is 0 Å². The number of non-ortho nitro benzene ring substituents is 1. The molecule has 2 atom stereocenters. The van der Waals surface area contributed by atoms with Crippen molar-refractivity contribution in [2.75, 3.05) is 10.2 Å². The molecule has 8 heteroatoms. The van der Waals surface area contributed by atoms with Crippen LogP contribution in [0.3, 0.4) is 0 Å². The van der Waals surface area contributed by atoms with E-state index in [0.29, 0.717) is 17.9 Å². The van der Waals surface area contributed by atoms with Gasteiger partial charge in [0.15, 0.2) is 6.10 Å². The van der Waals surface area contributed by atoms with Crippen molar-refractivity contribution in [3.63, 3.8) is 0 Å². The van der Waals surface area contributed by atoms with Gasteiger partial charge < -0.3 is 10.1 Å². The first-order valence-electron chi connectivity index (χ1n) is 8.56. The molecule has 1 aliphatic rings. The van der Waals surface area contributed by atoms with Crippen LogP contribution in [0.1, 0.15) is 20.3 Å². The van der Waals surface area contributed by atoms with Crippen molar-refractivity contribution in [1.82, 2.24) is 0 Å². The number of para-hydroxylation sites is 1. The Hall–Kier alpha value is -3.42. The molecule has 0 spiro atoms. The molecule has 27 heavy (non-hydrogen) atoms. The summed E-state index contributed by atoms with van der Waals surface area (Å²) in [7, 11) is 0. The van der Waals surface area contributed by atoms with Gasteiger partial charge in [0, 0.05) is 17.8 Å². The van der Waals surface area contributed by atoms with Crippen LogP contribution in [-0.4, -0.2) is 28.9 Å². The van der Waals surface area contributed by atoms with Crippen LogP contribution in [0.25, 0.3) is 0 Å². The number of nitrogens with one attached hydrogen (secondary N) is 1. The highest BCUT2D eigenvalue weighted by atomic mass is 16.6. The Labute approximate surface area is 155 Å². The van der Waals surface area contributed by atoms with E-state index >= 15 is 0 Å². The number of hydrogen-bond acceptors (Lipinski definition) is 5. The predicted octanol–water partition coefficient (Wildman–Crippen LogP) is 3.13. The Balaban J connectivity index is 1.96. The van der Waals surface area contributed by atoms with Gasteiger partial charge >= 0.3 is 0 Å². The van der Waals surface area contributed by atoms with Crippen LogP contribution < -0.4 is 15.0 Å². The Morgan fingerprint density at radius 1 is 1.30 bits per heavy atom. The van der Waals surface area contributed by atoms with Crippen LogP contribution >= 0.6 is 0 Å². The lowest BCUT2D eigenvalue weighted by atomic mass is 10.1. The van der Waals surface area contributed by atoms with E-state index in [9.17, 15) is 19.7 Å². The summed E-state index contributed by atoms with van der Waals surface area (Å²) in [6.07, 6.45) is -0.329. The SMILES string of the molecule is CCC1Oc2ccc([N+](=O)[O-])cc2N(C(C)C(=O)Nc2ccccc2)C1=O. The molecule has 0 bridgehead atoms. The fraction of sp³-hybridized carbons (Fsp3) is 0.263. The van der Waals surface area contributed by atoms with E-state index in [0.717, 1.165) is 0 Å². The van der Waals surface area contributed by atoms with Gasteiger partial charge in [-0.1, -0.05) is 25.1 Å². The molecule has 3 rings (SSSR count). The first-order chi connectivity index (χ1) is 12.9. The van der Waals surface area contributed by atoms with E-state index in [-0.39, 0.29) is 11.4 Å². The zero-order valence-corrected chi connectivity index (χ0v) is 14.9. The molecule has 2 amide bonds. The summed E-state index contributed by atoms with van der Waals surface area (Å²) in [4.78, 5) is 37.4. The molecule has 1 aliphatic heterocycles. The number of ether oxygens (including phenoxy) is 1. The second-order valence-electron chi connectivity index (χ2n) is 6.16. The quantitative estimate of drug-likeness (QED) is 0.644. The lowest BCUT2D eigenvalue weighted by Gasteiger charge is -2.36. The molecular formula is C19H19N3O5.